The lowest BCUT2D eigenvalue weighted by Crippen LogP contribution is -2.37. The molecule has 4 nitrogen and oxygen atoms in total. The van der Waals surface area contributed by atoms with E-state index >= 15 is 0 Å². The topological polar surface area (TPSA) is 45.7 Å². The predicted molar refractivity (Wildman–Crippen MR) is 112 cm³/mol. The van der Waals surface area contributed by atoms with Crippen LogP contribution in [-0.2, 0) is 13.0 Å². The molecule has 0 bridgehead atoms. The summed E-state index contributed by atoms with van der Waals surface area (Å²) in [5, 5.41) is 7.32. The molecule has 24 heavy (non-hydrogen) atoms. The van der Waals surface area contributed by atoms with Crippen LogP contribution in [0.15, 0.2) is 53.5 Å². The van der Waals surface area contributed by atoms with Gasteiger partial charge in [0.1, 0.15) is 5.75 Å². The Morgan fingerprint density at radius 3 is 2.42 bits per heavy atom. The van der Waals surface area contributed by atoms with Gasteiger partial charge >= 0.3 is 0 Å². The maximum absolute atomic E-state index is 6.15. The first-order chi connectivity index (χ1) is 11.2. The smallest absolute Gasteiger partial charge is 0.191 e. The van der Waals surface area contributed by atoms with Crippen LogP contribution in [0.1, 0.15) is 11.1 Å². The van der Waals surface area contributed by atoms with Crippen LogP contribution < -0.4 is 15.4 Å². The highest BCUT2D eigenvalue weighted by atomic mass is 127. The molecule has 0 aromatic heterocycles. The van der Waals surface area contributed by atoms with Crippen molar-refractivity contribution >= 4 is 41.5 Å². The molecular formula is C18H23ClIN3O. The third-order valence-corrected chi connectivity index (χ3v) is 3.86. The Hall–Kier alpha value is -1.47. The molecule has 2 rings (SSSR count). The summed E-state index contributed by atoms with van der Waals surface area (Å²) in [5.74, 6) is 1.64. The van der Waals surface area contributed by atoms with Crippen LogP contribution in [0.4, 0.5) is 0 Å². The zero-order valence-electron chi connectivity index (χ0n) is 13.9. The van der Waals surface area contributed by atoms with Gasteiger partial charge < -0.3 is 15.4 Å². The van der Waals surface area contributed by atoms with E-state index in [9.17, 15) is 0 Å². The molecule has 130 valence electrons. The second-order valence-corrected chi connectivity index (χ2v) is 5.45. The van der Waals surface area contributed by atoms with Crippen molar-refractivity contribution in [3.63, 3.8) is 0 Å². The second kappa shape index (κ2) is 11.1. The zero-order chi connectivity index (χ0) is 16.5. The predicted octanol–water partition coefficient (Wildman–Crippen LogP) is 3.87. The van der Waals surface area contributed by atoms with Gasteiger partial charge in [-0.25, -0.2) is 0 Å². The highest BCUT2D eigenvalue weighted by molar-refractivity contribution is 14.0. The molecule has 0 amide bonds. The Morgan fingerprint density at radius 1 is 1.08 bits per heavy atom. The number of nitrogens with zero attached hydrogens (tertiary/aromatic N) is 1. The van der Waals surface area contributed by atoms with Crippen molar-refractivity contribution in [3.8, 4) is 5.75 Å². The summed E-state index contributed by atoms with van der Waals surface area (Å²) < 4.78 is 5.16. The molecule has 0 radical (unpaired) electrons. The van der Waals surface area contributed by atoms with Gasteiger partial charge in [0.25, 0.3) is 0 Å². The van der Waals surface area contributed by atoms with E-state index in [1.54, 1.807) is 14.2 Å². The van der Waals surface area contributed by atoms with Gasteiger partial charge in [0.15, 0.2) is 5.96 Å². The lowest BCUT2D eigenvalue weighted by atomic mass is 10.1. The van der Waals surface area contributed by atoms with E-state index < -0.39 is 0 Å². The van der Waals surface area contributed by atoms with Crippen LogP contribution >= 0.6 is 35.6 Å². The summed E-state index contributed by atoms with van der Waals surface area (Å²) in [5.41, 5.74) is 2.30. The van der Waals surface area contributed by atoms with Crippen molar-refractivity contribution in [2.75, 3.05) is 20.7 Å². The average Bonchev–Trinajstić information content (AvgIpc) is 2.59. The van der Waals surface area contributed by atoms with Crippen LogP contribution in [0.2, 0.25) is 5.02 Å². The first-order valence-corrected chi connectivity index (χ1v) is 7.91. The Labute approximate surface area is 165 Å². The zero-order valence-corrected chi connectivity index (χ0v) is 17.0. The number of hydrogen-bond acceptors (Lipinski definition) is 2. The van der Waals surface area contributed by atoms with E-state index in [2.05, 4.69) is 27.8 Å². The number of guanidine groups is 1. The van der Waals surface area contributed by atoms with E-state index in [0.29, 0.717) is 6.54 Å². The third kappa shape index (κ3) is 6.57. The van der Waals surface area contributed by atoms with Gasteiger partial charge in [-0.15, -0.1) is 24.0 Å². The van der Waals surface area contributed by atoms with E-state index in [-0.39, 0.29) is 24.0 Å². The van der Waals surface area contributed by atoms with E-state index in [1.165, 1.54) is 5.56 Å². The lowest BCUT2D eigenvalue weighted by Gasteiger charge is -2.12. The standard InChI is InChI=1S/C18H22ClN3O.HI/c1-20-18(22-13-15-5-3-4-6-17(15)19)21-12-11-14-7-9-16(23-2)10-8-14;/h3-10H,11-13H2,1-2H3,(H2,20,21,22);1H. The number of halogens is 2. The Balaban J connectivity index is 0.00000288. The van der Waals surface area contributed by atoms with Gasteiger partial charge in [-0.3, -0.25) is 4.99 Å². The number of nitrogens with one attached hydrogen (secondary N) is 2. The van der Waals surface area contributed by atoms with Crippen LogP contribution in [0, 0.1) is 0 Å². The molecule has 0 aliphatic carbocycles. The molecule has 2 N–H and O–H groups in total. The third-order valence-electron chi connectivity index (χ3n) is 3.49. The molecule has 0 aliphatic heterocycles. The Morgan fingerprint density at radius 2 is 1.79 bits per heavy atom. The highest BCUT2D eigenvalue weighted by Gasteiger charge is 2.02. The number of ether oxygens (including phenoxy) is 1. The van der Waals surface area contributed by atoms with Crippen LogP contribution in [0.3, 0.4) is 0 Å². The molecule has 0 fully saturated rings. The molecule has 2 aromatic rings. The van der Waals surface area contributed by atoms with Crippen molar-refractivity contribution in [1.82, 2.24) is 10.6 Å². The van der Waals surface area contributed by atoms with Crippen LogP contribution in [0.25, 0.3) is 0 Å². The first-order valence-electron chi connectivity index (χ1n) is 7.54. The molecule has 0 spiro atoms. The fourth-order valence-electron chi connectivity index (χ4n) is 2.16. The number of methoxy groups -OCH3 is 1. The van der Waals surface area contributed by atoms with Gasteiger partial charge in [0.05, 0.1) is 7.11 Å². The van der Waals surface area contributed by atoms with E-state index in [0.717, 1.165) is 35.3 Å². The van der Waals surface area contributed by atoms with Crippen LogP contribution in [0.5, 0.6) is 5.75 Å². The number of rotatable bonds is 6. The monoisotopic (exact) mass is 459 g/mol. The molecule has 0 atom stereocenters. The molecule has 0 unspecified atom stereocenters. The largest absolute Gasteiger partial charge is 0.497 e. The molecule has 0 saturated heterocycles. The number of hydrogen-bond donors (Lipinski definition) is 2. The molecule has 2 aromatic carbocycles. The van der Waals surface area contributed by atoms with Crippen molar-refractivity contribution < 1.29 is 4.74 Å². The van der Waals surface area contributed by atoms with Crippen molar-refractivity contribution in [2.24, 2.45) is 4.99 Å². The summed E-state index contributed by atoms with van der Waals surface area (Å²) in [7, 11) is 3.43. The summed E-state index contributed by atoms with van der Waals surface area (Å²) in [6, 6.07) is 15.9. The summed E-state index contributed by atoms with van der Waals surface area (Å²) in [6.07, 6.45) is 0.913. The highest BCUT2D eigenvalue weighted by Crippen LogP contribution is 2.14. The van der Waals surface area contributed by atoms with Crippen molar-refractivity contribution in [2.45, 2.75) is 13.0 Å². The average molecular weight is 460 g/mol. The lowest BCUT2D eigenvalue weighted by molar-refractivity contribution is 0.414. The second-order valence-electron chi connectivity index (χ2n) is 5.04. The van der Waals surface area contributed by atoms with E-state index in [4.69, 9.17) is 16.3 Å². The Kier molecular flexibility index (Phi) is 9.56. The molecular weight excluding hydrogens is 437 g/mol. The molecule has 6 heteroatoms. The van der Waals surface area contributed by atoms with Crippen molar-refractivity contribution in [1.29, 1.82) is 0 Å². The first kappa shape index (κ1) is 20.6. The van der Waals surface area contributed by atoms with Gasteiger partial charge in [0, 0.05) is 25.2 Å². The van der Waals surface area contributed by atoms with Crippen LogP contribution in [-0.4, -0.2) is 26.7 Å². The maximum atomic E-state index is 6.15. The molecule has 0 heterocycles. The minimum Gasteiger partial charge on any atom is -0.497 e. The normalized spacial score (nSPS) is 10.7. The van der Waals surface area contributed by atoms with Gasteiger partial charge in [-0.1, -0.05) is 41.9 Å². The quantitative estimate of drug-likeness (QED) is 0.392. The summed E-state index contributed by atoms with van der Waals surface area (Å²) >= 11 is 6.15. The minimum atomic E-state index is 0. The molecule has 0 saturated carbocycles. The van der Waals surface area contributed by atoms with Crippen molar-refractivity contribution in [3.05, 3.63) is 64.7 Å². The maximum Gasteiger partial charge on any atom is 0.191 e. The van der Waals surface area contributed by atoms with Gasteiger partial charge in [-0.05, 0) is 35.7 Å². The Bertz CT molecular complexity index is 647. The fraction of sp³-hybridized carbons (Fsp3) is 0.278. The number of benzene rings is 2. The van der Waals surface area contributed by atoms with Gasteiger partial charge in [-0.2, -0.15) is 0 Å². The van der Waals surface area contributed by atoms with Gasteiger partial charge in [0.2, 0.25) is 0 Å². The SMILES string of the molecule is CN=C(NCCc1ccc(OC)cc1)NCc1ccccc1Cl.I. The number of aliphatic imine (C=N–C) groups is 1. The molecule has 0 aliphatic rings. The minimum absolute atomic E-state index is 0. The fourth-order valence-corrected chi connectivity index (χ4v) is 2.36. The summed E-state index contributed by atoms with van der Waals surface area (Å²) in [6.45, 7) is 1.44. The summed E-state index contributed by atoms with van der Waals surface area (Å²) in [4.78, 5) is 4.22. The van der Waals surface area contributed by atoms with E-state index in [1.807, 2.05) is 36.4 Å².